The van der Waals surface area contributed by atoms with Gasteiger partial charge in [0.1, 0.15) is 0 Å². The van der Waals surface area contributed by atoms with Crippen LogP contribution in [0.3, 0.4) is 0 Å². The summed E-state index contributed by atoms with van der Waals surface area (Å²) in [5.41, 5.74) is 1.32. The Morgan fingerprint density at radius 2 is 2.00 bits per heavy atom. The summed E-state index contributed by atoms with van der Waals surface area (Å²) >= 11 is 0. The van der Waals surface area contributed by atoms with Gasteiger partial charge in [0.2, 0.25) is 0 Å². The van der Waals surface area contributed by atoms with Gasteiger partial charge in [0, 0.05) is 26.0 Å². The highest BCUT2D eigenvalue weighted by Crippen LogP contribution is 2.21. The molecule has 0 bridgehead atoms. The van der Waals surface area contributed by atoms with E-state index in [1.807, 2.05) is 7.05 Å². The van der Waals surface area contributed by atoms with Gasteiger partial charge in [0.15, 0.2) is 5.82 Å². The molecule has 1 atom stereocenters. The number of hydrogen-bond donors (Lipinski definition) is 1. The minimum absolute atomic E-state index is 0.123. The van der Waals surface area contributed by atoms with Crippen LogP contribution in [0.5, 0.6) is 0 Å². The first-order chi connectivity index (χ1) is 11.1. The Bertz CT molecular complexity index is 817. The fourth-order valence-electron chi connectivity index (χ4n) is 2.85. The second kappa shape index (κ2) is 6.65. The third-order valence-electron chi connectivity index (χ3n) is 4.08. The molecule has 1 N–H and O–H groups in total. The van der Waals surface area contributed by atoms with Gasteiger partial charge in [-0.1, -0.05) is 49.4 Å². The van der Waals surface area contributed by atoms with Crippen molar-refractivity contribution in [1.82, 2.24) is 14.9 Å². The van der Waals surface area contributed by atoms with Gasteiger partial charge in [0.05, 0.1) is 0 Å². The van der Waals surface area contributed by atoms with Crippen LogP contribution in [-0.2, 0) is 13.5 Å². The van der Waals surface area contributed by atoms with E-state index in [0.29, 0.717) is 18.3 Å². The van der Waals surface area contributed by atoms with Gasteiger partial charge in [-0.05, 0) is 28.7 Å². The zero-order valence-corrected chi connectivity index (χ0v) is 13.5. The van der Waals surface area contributed by atoms with Crippen LogP contribution in [0.2, 0.25) is 0 Å². The summed E-state index contributed by atoms with van der Waals surface area (Å²) in [6.45, 7) is 2.79. The van der Waals surface area contributed by atoms with E-state index in [4.69, 9.17) is 0 Å². The third-order valence-corrected chi connectivity index (χ3v) is 4.08. The van der Waals surface area contributed by atoms with E-state index in [0.717, 1.165) is 6.42 Å². The molecule has 1 unspecified atom stereocenters. The molecule has 0 saturated carbocycles. The maximum Gasteiger partial charge on any atom is 0.287 e. The number of rotatable bonds is 5. The zero-order valence-electron chi connectivity index (χ0n) is 13.5. The Kier molecular flexibility index (Phi) is 4.42. The average molecular weight is 307 g/mol. The van der Waals surface area contributed by atoms with E-state index >= 15 is 0 Å². The van der Waals surface area contributed by atoms with Crippen molar-refractivity contribution in [2.24, 2.45) is 13.0 Å². The Balaban J connectivity index is 1.64. The predicted octanol–water partition coefficient (Wildman–Crippen LogP) is 3.18. The van der Waals surface area contributed by atoms with Crippen LogP contribution in [0.4, 0.5) is 0 Å². The number of aromatic nitrogens is 2. The lowest BCUT2D eigenvalue weighted by Gasteiger charge is -2.14. The van der Waals surface area contributed by atoms with E-state index in [1.54, 1.807) is 17.0 Å². The molecule has 0 aliphatic carbocycles. The number of amides is 1. The van der Waals surface area contributed by atoms with Gasteiger partial charge in [-0.25, -0.2) is 4.98 Å². The molecule has 0 fully saturated rings. The van der Waals surface area contributed by atoms with E-state index < -0.39 is 0 Å². The lowest BCUT2D eigenvalue weighted by Crippen LogP contribution is -2.30. The Morgan fingerprint density at radius 3 is 2.78 bits per heavy atom. The SMILES string of the molecule is CC(CNC(=O)c1nccn1C)Cc1cccc2ccccc12. The van der Waals surface area contributed by atoms with Crippen molar-refractivity contribution in [3.05, 3.63) is 66.2 Å². The monoisotopic (exact) mass is 307 g/mol. The standard InChI is InChI=1S/C19H21N3O/c1-14(13-21-19(23)18-20-10-11-22(18)2)12-16-8-5-7-15-6-3-4-9-17(15)16/h3-11,14H,12-13H2,1-2H3,(H,21,23). The number of carbonyl (C=O) groups excluding carboxylic acids is 1. The zero-order chi connectivity index (χ0) is 16.2. The van der Waals surface area contributed by atoms with Crippen molar-refractivity contribution in [3.8, 4) is 0 Å². The van der Waals surface area contributed by atoms with E-state index in [2.05, 4.69) is 59.7 Å². The maximum atomic E-state index is 12.1. The summed E-state index contributed by atoms with van der Waals surface area (Å²) in [4.78, 5) is 16.2. The van der Waals surface area contributed by atoms with Crippen molar-refractivity contribution in [1.29, 1.82) is 0 Å². The normalized spacial score (nSPS) is 12.3. The maximum absolute atomic E-state index is 12.1. The molecule has 0 saturated heterocycles. The van der Waals surface area contributed by atoms with Crippen LogP contribution in [-0.4, -0.2) is 22.0 Å². The van der Waals surface area contributed by atoms with Gasteiger partial charge < -0.3 is 9.88 Å². The number of hydrogen-bond acceptors (Lipinski definition) is 2. The van der Waals surface area contributed by atoms with Crippen molar-refractivity contribution >= 4 is 16.7 Å². The molecule has 0 radical (unpaired) electrons. The summed E-state index contributed by atoms with van der Waals surface area (Å²) in [6.07, 6.45) is 4.34. The van der Waals surface area contributed by atoms with Gasteiger partial charge in [-0.15, -0.1) is 0 Å². The predicted molar refractivity (Wildman–Crippen MR) is 92.4 cm³/mol. The second-order valence-electron chi connectivity index (χ2n) is 6.02. The fourth-order valence-corrected chi connectivity index (χ4v) is 2.85. The average Bonchev–Trinajstić information content (AvgIpc) is 2.99. The smallest absolute Gasteiger partial charge is 0.287 e. The molecular formula is C19H21N3O. The summed E-state index contributed by atoms with van der Waals surface area (Å²) in [6, 6.07) is 14.8. The highest BCUT2D eigenvalue weighted by atomic mass is 16.2. The largest absolute Gasteiger partial charge is 0.349 e. The summed E-state index contributed by atoms with van der Waals surface area (Å²) < 4.78 is 1.73. The van der Waals surface area contributed by atoms with Crippen molar-refractivity contribution in [2.75, 3.05) is 6.54 Å². The highest BCUT2D eigenvalue weighted by Gasteiger charge is 2.12. The molecule has 118 valence electrons. The summed E-state index contributed by atoms with van der Waals surface area (Å²) in [5, 5.41) is 5.52. The summed E-state index contributed by atoms with van der Waals surface area (Å²) in [5.74, 6) is 0.676. The van der Waals surface area contributed by atoms with E-state index in [1.165, 1.54) is 16.3 Å². The minimum Gasteiger partial charge on any atom is -0.349 e. The molecule has 3 aromatic rings. The second-order valence-corrected chi connectivity index (χ2v) is 6.02. The molecule has 0 aliphatic heterocycles. The van der Waals surface area contributed by atoms with E-state index in [-0.39, 0.29) is 5.91 Å². The summed E-state index contributed by atoms with van der Waals surface area (Å²) in [7, 11) is 1.82. The lowest BCUT2D eigenvalue weighted by atomic mass is 9.96. The van der Waals surface area contributed by atoms with Crippen LogP contribution < -0.4 is 5.32 Å². The van der Waals surface area contributed by atoms with Crippen LogP contribution in [0.1, 0.15) is 23.1 Å². The number of nitrogens with zero attached hydrogens (tertiary/aromatic N) is 2. The molecule has 4 nitrogen and oxygen atoms in total. The molecule has 23 heavy (non-hydrogen) atoms. The quantitative estimate of drug-likeness (QED) is 0.787. The van der Waals surface area contributed by atoms with Crippen molar-refractivity contribution in [3.63, 3.8) is 0 Å². The number of nitrogens with one attached hydrogen (secondary N) is 1. The molecule has 1 amide bonds. The van der Waals surface area contributed by atoms with E-state index in [9.17, 15) is 4.79 Å². The molecule has 2 aromatic carbocycles. The third kappa shape index (κ3) is 3.42. The number of aryl methyl sites for hydroxylation is 1. The number of imidazole rings is 1. The fraction of sp³-hybridized carbons (Fsp3) is 0.263. The van der Waals surface area contributed by atoms with Gasteiger partial charge >= 0.3 is 0 Å². The number of fused-ring (bicyclic) bond motifs is 1. The van der Waals surface area contributed by atoms with Crippen LogP contribution in [0, 0.1) is 5.92 Å². The Labute approximate surface area is 136 Å². The van der Waals surface area contributed by atoms with Crippen molar-refractivity contribution in [2.45, 2.75) is 13.3 Å². The molecule has 1 aromatic heterocycles. The van der Waals surface area contributed by atoms with Gasteiger partial charge in [-0.2, -0.15) is 0 Å². The van der Waals surface area contributed by atoms with Crippen LogP contribution in [0.25, 0.3) is 10.8 Å². The first-order valence-corrected chi connectivity index (χ1v) is 7.87. The number of carbonyl (C=O) groups is 1. The molecule has 3 rings (SSSR count). The minimum atomic E-state index is -0.123. The topological polar surface area (TPSA) is 46.9 Å². The molecule has 0 spiro atoms. The lowest BCUT2D eigenvalue weighted by molar-refractivity contribution is 0.0934. The molecule has 1 heterocycles. The Morgan fingerprint density at radius 1 is 1.22 bits per heavy atom. The van der Waals surface area contributed by atoms with Gasteiger partial charge in [0.25, 0.3) is 5.91 Å². The molecular weight excluding hydrogens is 286 g/mol. The van der Waals surface area contributed by atoms with Crippen LogP contribution in [0.15, 0.2) is 54.9 Å². The van der Waals surface area contributed by atoms with Gasteiger partial charge in [-0.3, -0.25) is 4.79 Å². The number of benzene rings is 2. The molecule has 4 heteroatoms. The molecule has 0 aliphatic rings. The van der Waals surface area contributed by atoms with Crippen molar-refractivity contribution < 1.29 is 4.79 Å². The Hall–Kier alpha value is -2.62. The first-order valence-electron chi connectivity index (χ1n) is 7.87. The highest BCUT2D eigenvalue weighted by molar-refractivity contribution is 5.90. The first kappa shape index (κ1) is 15.3. The van der Waals surface area contributed by atoms with Crippen LogP contribution >= 0.6 is 0 Å².